The number of nitrogens with zero attached hydrogens (tertiary/aromatic N) is 2. The number of benzene rings is 5. The number of aryl methyl sites for hydroxylation is 2. The second-order valence-electron chi connectivity index (χ2n) is 12.4. The molecule has 2 aromatic heterocycles. The Kier molecular flexibility index (Phi) is 9.87. The van der Waals surface area contributed by atoms with Crippen molar-refractivity contribution in [2.24, 2.45) is 5.73 Å². The summed E-state index contributed by atoms with van der Waals surface area (Å²) in [5.74, 6) is 1.59. The van der Waals surface area contributed by atoms with E-state index < -0.39 is 0 Å². The van der Waals surface area contributed by atoms with Crippen LogP contribution in [0.2, 0.25) is 0 Å². The van der Waals surface area contributed by atoms with Crippen LogP contribution >= 0.6 is 0 Å². The second kappa shape index (κ2) is 15.1. The zero-order valence-corrected chi connectivity index (χ0v) is 27.4. The molecule has 0 amide bonds. The summed E-state index contributed by atoms with van der Waals surface area (Å²) in [6.07, 6.45) is 7.45. The number of nitrogens with two attached hydrogens (primary N) is 1. The number of carbonyl (C=O) groups is 1. The molecule has 0 radical (unpaired) electrons. The summed E-state index contributed by atoms with van der Waals surface area (Å²) in [7, 11) is 0. The Morgan fingerprint density at radius 1 is 0.673 bits per heavy atom. The molecule has 0 aliphatic heterocycles. The van der Waals surface area contributed by atoms with Gasteiger partial charge in [-0.2, -0.15) is 5.48 Å². The Labute approximate surface area is 285 Å². The summed E-state index contributed by atoms with van der Waals surface area (Å²) in [6, 6.07) is 37.3. The lowest BCUT2D eigenvalue weighted by Gasteiger charge is -2.08. The van der Waals surface area contributed by atoms with Gasteiger partial charge in [-0.15, -0.1) is 0 Å². The number of hydrogen-bond donors (Lipinski definition) is 4. The lowest BCUT2D eigenvalue weighted by molar-refractivity contribution is 0.0251. The van der Waals surface area contributed by atoms with Crippen molar-refractivity contribution in [1.82, 2.24) is 25.4 Å². The lowest BCUT2D eigenvalue weighted by Crippen LogP contribution is -2.21. The molecule has 5 N–H and O–H groups in total. The summed E-state index contributed by atoms with van der Waals surface area (Å²) in [5, 5.41) is 2.41. The highest BCUT2D eigenvalue weighted by Crippen LogP contribution is 2.31. The number of hydrogen-bond acceptors (Lipinski definition) is 6. The first kappa shape index (κ1) is 32.0. The van der Waals surface area contributed by atoms with E-state index in [2.05, 4.69) is 99.3 Å². The molecule has 0 aliphatic rings. The minimum Gasteiger partial charge on any atom is -0.367 e. The number of nitrogens with one attached hydrogen (secondary N) is 3. The van der Waals surface area contributed by atoms with Gasteiger partial charge in [0.25, 0.3) is 0 Å². The Balaban J connectivity index is 0.958. The predicted molar refractivity (Wildman–Crippen MR) is 197 cm³/mol. The molecule has 2 heterocycles. The standard InChI is InChI=1S/C41H40N6O2/c42-22-6-4-11-40-45-36-21-20-34(26-37(36)46-40)33-19-15-29-14-18-32(24-35(29)25-33)28-12-16-30(17-13-28)38-27-43-39(47-38)10-5-7-23-44-49-41(48)31-8-2-1-3-9-31/h1-3,8-9,12-21,24-27,44H,4-7,10-11,22-23,42H2,(H,43,47)(H,45,46). The number of fused-ring (bicyclic) bond motifs is 2. The number of hydroxylamine groups is 1. The van der Waals surface area contributed by atoms with Crippen LogP contribution in [0.5, 0.6) is 0 Å². The van der Waals surface area contributed by atoms with Gasteiger partial charge in [-0.3, -0.25) is 0 Å². The fourth-order valence-corrected chi connectivity index (χ4v) is 6.12. The SMILES string of the molecule is NCCCCc1nc2ccc(-c3ccc4ccc(-c5ccc(-c6cnc(CCCCNOC(=O)c7ccccc7)[nH]6)cc5)cc4c3)cc2[nH]1. The molecule has 0 bridgehead atoms. The quantitative estimate of drug-likeness (QED) is 0.0694. The lowest BCUT2D eigenvalue weighted by atomic mass is 9.97. The van der Waals surface area contributed by atoms with Gasteiger partial charge in [0, 0.05) is 19.4 Å². The maximum absolute atomic E-state index is 12.0. The number of aromatic amines is 2. The predicted octanol–water partition coefficient (Wildman–Crippen LogP) is 8.41. The highest BCUT2D eigenvalue weighted by atomic mass is 16.7. The number of imidazole rings is 2. The summed E-state index contributed by atoms with van der Waals surface area (Å²) in [6.45, 7) is 1.30. The molecule has 7 aromatic rings. The van der Waals surface area contributed by atoms with Crippen molar-refractivity contribution >= 4 is 27.8 Å². The van der Waals surface area contributed by atoms with Crippen molar-refractivity contribution in [2.75, 3.05) is 13.1 Å². The van der Waals surface area contributed by atoms with Crippen molar-refractivity contribution in [2.45, 2.75) is 38.5 Å². The fraction of sp³-hybridized carbons (Fsp3) is 0.195. The van der Waals surface area contributed by atoms with E-state index in [4.69, 9.17) is 15.6 Å². The Morgan fingerprint density at radius 3 is 2.14 bits per heavy atom. The molecule has 5 aromatic carbocycles. The summed E-state index contributed by atoms with van der Waals surface area (Å²) >= 11 is 0. The van der Waals surface area contributed by atoms with E-state index in [-0.39, 0.29) is 5.97 Å². The maximum Gasteiger partial charge on any atom is 0.356 e. The molecule has 0 spiro atoms. The Hall–Kier alpha value is -5.57. The molecule has 0 fully saturated rings. The van der Waals surface area contributed by atoms with Crippen LogP contribution in [0.25, 0.3) is 55.3 Å². The third kappa shape index (κ3) is 7.78. The molecular formula is C41H40N6O2. The van der Waals surface area contributed by atoms with Crippen LogP contribution in [0.15, 0.2) is 115 Å². The third-order valence-corrected chi connectivity index (χ3v) is 8.85. The first-order valence-corrected chi connectivity index (χ1v) is 17.0. The molecule has 8 nitrogen and oxygen atoms in total. The normalized spacial score (nSPS) is 11.4. The molecule has 0 saturated carbocycles. The number of carbonyl (C=O) groups excluding carboxylic acids is 1. The van der Waals surface area contributed by atoms with Crippen molar-refractivity contribution in [3.8, 4) is 33.5 Å². The topological polar surface area (TPSA) is 122 Å². The van der Waals surface area contributed by atoms with E-state index in [1.807, 2.05) is 24.4 Å². The van der Waals surface area contributed by atoms with Crippen LogP contribution in [0.3, 0.4) is 0 Å². The van der Waals surface area contributed by atoms with Crippen molar-refractivity contribution in [3.63, 3.8) is 0 Å². The Morgan fingerprint density at radius 2 is 1.35 bits per heavy atom. The molecule has 0 unspecified atom stereocenters. The number of rotatable bonds is 14. The van der Waals surface area contributed by atoms with E-state index in [0.717, 1.165) is 78.0 Å². The van der Waals surface area contributed by atoms with Gasteiger partial charge < -0.3 is 20.5 Å². The zero-order valence-electron chi connectivity index (χ0n) is 27.4. The van der Waals surface area contributed by atoms with Gasteiger partial charge in [0.1, 0.15) is 11.6 Å². The van der Waals surface area contributed by atoms with E-state index in [1.165, 1.54) is 27.5 Å². The minimum atomic E-state index is -0.375. The van der Waals surface area contributed by atoms with Crippen LogP contribution in [0, 0.1) is 0 Å². The van der Waals surface area contributed by atoms with Gasteiger partial charge in [0.05, 0.1) is 28.5 Å². The number of unbranched alkanes of at least 4 members (excludes halogenated alkanes) is 2. The Bertz CT molecular complexity index is 2170. The van der Waals surface area contributed by atoms with Gasteiger partial charge in [0.15, 0.2) is 0 Å². The van der Waals surface area contributed by atoms with E-state index in [0.29, 0.717) is 18.7 Å². The maximum atomic E-state index is 12.0. The van der Waals surface area contributed by atoms with Crippen LogP contribution in [-0.2, 0) is 17.7 Å². The van der Waals surface area contributed by atoms with Crippen LogP contribution < -0.4 is 11.2 Å². The zero-order chi connectivity index (χ0) is 33.4. The highest BCUT2D eigenvalue weighted by Gasteiger charge is 2.09. The van der Waals surface area contributed by atoms with Crippen LogP contribution in [0.4, 0.5) is 0 Å². The monoisotopic (exact) mass is 648 g/mol. The molecule has 7 rings (SSSR count). The molecule has 0 atom stereocenters. The molecule has 49 heavy (non-hydrogen) atoms. The smallest absolute Gasteiger partial charge is 0.356 e. The van der Waals surface area contributed by atoms with E-state index in [1.54, 1.807) is 12.1 Å². The highest BCUT2D eigenvalue weighted by molar-refractivity contribution is 5.92. The van der Waals surface area contributed by atoms with Crippen LogP contribution in [0.1, 0.15) is 47.7 Å². The summed E-state index contributed by atoms with van der Waals surface area (Å²) < 4.78 is 0. The molecular weight excluding hydrogens is 608 g/mol. The fourth-order valence-electron chi connectivity index (χ4n) is 6.12. The molecule has 8 heteroatoms. The summed E-state index contributed by atoms with van der Waals surface area (Å²) in [4.78, 5) is 33.4. The average Bonchev–Trinajstić information content (AvgIpc) is 3.80. The van der Waals surface area contributed by atoms with Gasteiger partial charge in [-0.05, 0) is 107 Å². The first-order valence-electron chi connectivity index (χ1n) is 17.0. The summed E-state index contributed by atoms with van der Waals surface area (Å²) in [5.41, 5.74) is 17.8. The third-order valence-electron chi connectivity index (χ3n) is 8.85. The molecule has 246 valence electrons. The molecule has 0 aliphatic carbocycles. The minimum absolute atomic E-state index is 0.375. The number of aromatic nitrogens is 4. The van der Waals surface area contributed by atoms with Gasteiger partial charge in [-0.1, -0.05) is 72.8 Å². The average molecular weight is 649 g/mol. The first-order chi connectivity index (χ1) is 24.1. The largest absolute Gasteiger partial charge is 0.367 e. The van der Waals surface area contributed by atoms with Gasteiger partial charge >= 0.3 is 5.97 Å². The second-order valence-corrected chi connectivity index (χ2v) is 12.4. The van der Waals surface area contributed by atoms with Gasteiger partial charge in [-0.25, -0.2) is 14.8 Å². The van der Waals surface area contributed by atoms with Crippen molar-refractivity contribution < 1.29 is 9.63 Å². The number of H-pyrrole nitrogens is 2. The van der Waals surface area contributed by atoms with Crippen LogP contribution in [-0.4, -0.2) is 39.0 Å². The van der Waals surface area contributed by atoms with Crippen molar-refractivity contribution in [1.29, 1.82) is 0 Å². The van der Waals surface area contributed by atoms with E-state index in [9.17, 15) is 4.79 Å². The van der Waals surface area contributed by atoms with E-state index >= 15 is 0 Å². The van der Waals surface area contributed by atoms with Gasteiger partial charge in [0.2, 0.25) is 0 Å². The van der Waals surface area contributed by atoms with Crippen molar-refractivity contribution in [3.05, 3.63) is 133 Å². The molecule has 0 saturated heterocycles.